The average molecular weight is 375 g/mol. The van der Waals surface area contributed by atoms with Crippen LogP contribution in [0.25, 0.3) is 0 Å². The molecule has 140 valence electrons. The SMILES string of the molecule is O=C(c1cc2c(s1)CCCCC2)N1CCCn2nc([C@H](O)CO)cc2C1. The minimum atomic E-state index is -0.966. The largest absolute Gasteiger partial charge is 0.393 e. The van der Waals surface area contributed by atoms with Crippen molar-refractivity contribution < 1.29 is 15.0 Å². The van der Waals surface area contributed by atoms with Crippen molar-refractivity contribution >= 4 is 17.2 Å². The zero-order valence-electron chi connectivity index (χ0n) is 14.9. The molecule has 2 N–H and O–H groups in total. The fraction of sp³-hybridized carbons (Fsp3) is 0.579. The normalized spacial score (nSPS) is 18.6. The Bertz CT molecular complexity index is 775. The van der Waals surface area contributed by atoms with E-state index >= 15 is 0 Å². The Morgan fingerprint density at radius 3 is 2.88 bits per heavy atom. The Labute approximate surface area is 157 Å². The van der Waals surface area contributed by atoms with Crippen molar-refractivity contribution in [2.75, 3.05) is 13.2 Å². The molecule has 0 unspecified atom stereocenters. The third-order valence-electron chi connectivity index (χ3n) is 5.29. The molecule has 2 aromatic heterocycles. The number of thiophene rings is 1. The second kappa shape index (κ2) is 7.50. The van der Waals surface area contributed by atoms with E-state index in [2.05, 4.69) is 11.2 Å². The van der Waals surface area contributed by atoms with Crippen molar-refractivity contribution in [2.24, 2.45) is 0 Å². The highest BCUT2D eigenvalue weighted by atomic mass is 32.1. The predicted molar refractivity (Wildman–Crippen MR) is 99.2 cm³/mol. The van der Waals surface area contributed by atoms with E-state index in [1.54, 1.807) is 17.4 Å². The van der Waals surface area contributed by atoms with Crippen molar-refractivity contribution in [3.8, 4) is 0 Å². The van der Waals surface area contributed by atoms with Gasteiger partial charge in [0.15, 0.2) is 0 Å². The van der Waals surface area contributed by atoms with Crippen molar-refractivity contribution in [3.05, 3.63) is 38.8 Å². The van der Waals surface area contributed by atoms with E-state index in [1.165, 1.54) is 29.7 Å². The van der Waals surface area contributed by atoms with Crippen LogP contribution in [0, 0.1) is 0 Å². The molecule has 0 saturated carbocycles. The molecule has 2 aliphatic rings. The monoisotopic (exact) mass is 375 g/mol. The van der Waals surface area contributed by atoms with Gasteiger partial charge in [0.25, 0.3) is 5.91 Å². The van der Waals surface area contributed by atoms with Gasteiger partial charge in [0.2, 0.25) is 0 Å². The fourth-order valence-corrected chi connectivity index (χ4v) is 5.06. The summed E-state index contributed by atoms with van der Waals surface area (Å²) in [5.74, 6) is 0.0991. The molecule has 0 radical (unpaired) electrons. The van der Waals surface area contributed by atoms with Gasteiger partial charge in [0.05, 0.1) is 29.4 Å². The number of aliphatic hydroxyl groups excluding tert-OH is 2. The molecule has 1 aliphatic carbocycles. The van der Waals surface area contributed by atoms with Gasteiger partial charge in [-0.2, -0.15) is 5.10 Å². The number of carbonyl (C=O) groups excluding carboxylic acids is 1. The van der Waals surface area contributed by atoms with Gasteiger partial charge in [-0.1, -0.05) is 6.42 Å². The van der Waals surface area contributed by atoms with Crippen molar-refractivity contribution in [1.82, 2.24) is 14.7 Å². The highest BCUT2D eigenvalue weighted by Gasteiger charge is 2.25. The van der Waals surface area contributed by atoms with Crippen molar-refractivity contribution in [2.45, 2.75) is 57.7 Å². The first kappa shape index (κ1) is 17.7. The van der Waals surface area contributed by atoms with Crippen LogP contribution in [0.3, 0.4) is 0 Å². The maximum absolute atomic E-state index is 13.1. The standard InChI is InChI=1S/C19H25N3O3S/c23-12-16(24)15-10-14-11-21(7-4-8-22(14)20-15)19(25)18-9-13-5-2-1-3-6-17(13)26-18/h9-10,16,23-24H,1-8,11-12H2/t16-/m1/s1. The van der Waals surface area contributed by atoms with E-state index in [1.807, 2.05) is 9.58 Å². The summed E-state index contributed by atoms with van der Waals surface area (Å²) >= 11 is 1.67. The van der Waals surface area contributed by atoms with E-state index in [4.69, 9.17) is 5.11 Å². The Hall–Kier alpha value is -1.70. The molecule has 1 atom stereocenters. The van der Waals surface area contributed by atoms with E-state index in [9.17, 15) is 9.90 Å². The number of aryl methyl sites for hydroxylation is 3. The lowest BCUT2D eigenvalue weighted by molar-refractivity contribution is 0.0750. The van der Waals surface area contributed by atoms with E-state index in [0.29, 0.717) is 18.8 Å². The third kappa shape index (κ3) is 3.43. The number of aromatic nitrogens is 2. The second-order valence-corrected chi connectivity index (χ2v) is 8.32. The maximum Gasteiger partial charge on any atom is 0.264 e. The van der Waals surface area contributed by atoms with Gasteiger partial charge in [-0.25, -0.2) is 0 Å². The van der Waals surface area contributed by atoms with Crippen molar-refractivity contribution in [1.29, 1.82) is 0 Å². The van der Waals surface area contributed by atoms with E-state index in [-0.39, 0.29) is 12.5 Å². The van der Waals surface area contributed by atoms with Crippen LogP contribution in [-0.4, -0.2) is 44.0 Å². The summed E-state index contributed by atoms with van der Waals surface area (Å²) < 4.78 is 1.85. The van der Waals surface area contributed by atoms with Gasteiger partial charge in [0, 0.05) is 18.0 Å². The van der Waals surface area contributed by atoms with Crippen molar-refractivity contribution in [3.63, 3.8) is 0 Å². The maximum atomic E-state index is 13.1. The lowest BCUT2D eigenvalue weighted by Gasteiger charge is -2.19. The topological polar surface area (TPSA) is 78.6 Å². The molecule has 4 rings (SSSR count). The summed E-state index contributed by atoms with van der Waals surface area (Å²) in [6.07, 6.45) is 5.78. The Morgan fingerprint density at radius 1 is 1.19 bits per heavy atom. The lowest BCUT2D eigenvalue weighted by Crippen LogP contribution is -2.30. The number of rotatable bonds is 3. The highest BCUT2D eigenvalue weighted by molar-refractivity contribution is 7.14. The van der Waals surface area contributed by atoms with E-state index < -0.39 is 6.10 Å². The number of hydrogen-bond acceptors (Lipinski definition) is 5. The smallest absolute Gasteiger partial charge is 0.264 e. The van der Waals surface area contributed by atoms with E-state index in [0.717, 1.165) is 36.4 Å². The Morgan fingerprint density at radius 2 is 2.04 bits per heavy atom. The van der Waals surface area contributed by atoms with Crippen LogP contribution in [0.2, 0.25) is 0 Å². The summed E-state index contributed by atoms with van der Waals surface area (Å²) in [5, 5.41) is 23.3. The molecule has 1 aliphatic heterocycles. The third-order valence-corrected chi connectivity index (χ3v) is 6.52. The molecule has 26 heavy (non-hydrogen) atoms. The summed E-state index contributed by atoms with van der Waals surface area (Å²) in [7, 11) is 0. The summed E-state index contributed by atoms with van der Waals surface area (Å²) in [6.45, 7) is 1.58. The number of fused-ring (bicyclic) bond motifs is 2. The van der Waals surface area contributed by atoms with Gasteiger partial charge in [-0.05, 0) is 49.8 Å². The van der Waals surface area contributed by atoms with Gasteiger partial charge in [0.1, 0.15) is 6.10 Å². The Balaban J connectivity index is 1.54. The summed E-state index contributed by atoms with van der Waals surface area (Å²) in [6, 6.07) is 3.91. The summed E-state index contributed by atoms with van der Waals surface area (Å²) in [5.41, 5.74) is 2.75. The molecule has 0 bridgehead atoms. The second-order valence-electron chi connectivity index (χ2n) is 7.18. The van der Waals surface area contributed by atoms with Gasteiger partial charge < -0.3 is 15.1 Å². The molecule has 0 saturated heterocycles. The molecule has 3 heterocycles. The number of aliphatic hydroxyl groups is 2. The summed E-state index contributed by atoms with van der Waals surface area (Å²) in [4.78, 5) is 17.2. The zero-order valence-corrected chi connectivity index (χ0v) is 15.7. The minimum absolute atomic E-state index is 0.0991. The van der Waals surface area contributed by atoms with Gasteiger partial charge >= 0.3 is 0 Å². The number of amides is 1. The highest BCUT2D eigenvalue weighted by Crippen LogP contribution is 2.30. The number of nitrogens with zero attached hydrogens (tertiary/aromatic N) is 3. The lowest BCUT2D eigenvalue weighted by atomic mass is 10.1. The minimum Gasteiger partial charge on any atom is -0.393 e. The van der Waals surface area contributed by atoms with Crippen LogP contribution in [0.15, 0.2) is 12.1 Å². The van der Waals surface area contributed by atoms with Gasteiger partial charge in [-0.15, -0.1) is 11.3 Å². The molecular weight excluding hydrogens is 350 g/mol. The molecule has 2 aromatic rings. The molecular formula is C19H25N3O3S. The molecule has 0 aromatic carbocycles. The first-order valence-corrected chi connectivity index (χ1v) is 10.2. The zero-order chi connectivity index (χ0) is 18.1. The molecule has 1 amide bonds. The number of carbonyl (C=O) groups is 1. The molecule has 0 spiro atoms. The van der Waals surface area contributed by atoms with Crippen LogP contribution in [0.4, 0.5) is 0 Å². The predicted octanol–water partition coefficient (Wildman–Crippen LogP) is 2.29. The van der Waals surface area contributed by atoms with Gasteiger partial charge in [-0.3, -0.25) is 9.48 Å². The van der Waals surface area contributed by atoms with Crippen LogP contribution in [-0.2, 0) is 25.9 Å². The fourth-order valence-electron chi connectivity index (χ4n) is 3.84. The Kier molecular flexibility index (Phi) is 5.11. The van der Waals surface area contributed by atoms with Crippen LogP contribution in [0.1, 0.15) is 63.3 Å². The van der Waals surface area contributed by atoms with Crippen LogP contribution >= 0.6 is 11.3 Å². The molecule has 6 nitrogen and oxygen atoms in total. The average Bonchev–Trinajstić information content (AvgIpc) is 3.10. The van der Waals surface area contributed by atoms with Crippen LogP contribution < -0.4 is 0 Å². The quantitative estimate of drug-likeness (QED) is 0.807. The van der Waals surface area contributed by atoms with Crippen LogP contribution in [0.5, 0.6) is 0 Å². The first-order valence-electron chi connectivity index (χ1n) is 9.42. The number of hydrogen-bond donors (Lipinski definition) is 2. The molecule has 0 fully saturated rings. The molecule has 7 heteroatoms. The first-order chi connectivity index (χ1) is 12.7.